The van der Waals surface area contributed by atoms with Gasteiger partial charge in [-0.05, 0) is 30.3 Å². The first-order valence-corrected chi connectivity index (χ1v) is 8.81. The highest BCUT2D eigenvalue weighted by Crippen LogP contribution is 2.24. The summed E-state index contributed by atoms with van der Waals surface area (Å²) >= 11 is 0. The standard InChI is InChI=1S/C22H23NO4/c1-25-19-9-11-20(26-2)17(14-19)15-23-22(24)13-10-18-8-12-21(27-18)16-6-4-3-5-7-16/h3-9,11-12,14H,10,13,15H2,1-2H3,(H,23,24). The van der Waals surface area contributed by atoms with Gasteiger partial charge in [-0.2, -0.15) is 0 Å². The Morgan fingerprint density at radius 2 is 1.81 bits per heavy atom. The molecule has 3 rings (SSSR count). The number of furan rings is 1. The van der Waals surface area contributed by atoms with Gasteiger partial charge in [0.25, 0.3) is 0 Å². The lowest BCUT2D eigenvalue weighted by Crippen LogP contribution is -2.23. The molecule has 0 aliphatic carbocycles. The van der Waals surface area contributed by atoms with Crippen LogP contribution in [0.4, 0.5) is 0 Å². The van der Waals surface area contributed by atoms with E-state index in [1.54, 1.807) is 14.2 Å². The van der Waals surface area contributed by atoms with Crippen LogP contribution in [0.3, 0.4) is 0 Å². The Bertz CT molecular complexity index is 886. The van der Waals surface area contributed by atoms with Gasteiger partial charge in [0.05, 0.1) is 14.2 Å². The van der Waals surface area contributed by atoms with Gasteiger partial charge in [-0.25, -0.2) is 0 Å². The number of nitrogens with one attached hydrogen (secondary N) is 1. The molecular weight excluding hydrogens is 342 g/mol. The fourth-order valence-electron chi connectivity index (χ4n) is 2.81. The quantitative estimate of drug-likeness (QED) is 0.649. The molecular formula is C22H23NO4. The topological polar surface area (TPSA) is 60.7 Å². The van der Waals surface area contributed by atoms with Gasteiger partial charge in [-0.15, -0.1) is 0 Å². The number of benzene rings is 2. The van der Waals surface area contributed by atoms with E-state index in [9.17, 15) is 4.79 Å². The zero-order valence-electron chi connectivity index (χ0n) is 15.5. The summed E-state index contributed by atoms with van der Waals surface area (Å²) in [5, 5.41) is 2.92. The lowest BCUT2D eigenvalue weighted by atomic mass is 10.1. The molecule has 1 N–H and O–H groups in total. The molecule has 0 atom stereocenters. The molecule has 27 heavy (non-hydrogen) atoms. The van der Waals surface area contributed by atoms with Crippen LogP contribution in [0.2, 0.25) is 0 Å². The van der Waals surface area contributed by atoms with Crippen LogP contribution in [0.1, 0.15) is 17.7 Å². The number of hydrogen-bond donors (Lipinski definition) is 1. The number of aryl methyl sites for hydroxylation is 1. The van der Waals surface area contributed by atoms with Crippen molar-refractivity contribution in [3.8, 4) is 22.8 Å². The van der Waals surface area contributed by atoms with Crippen LogP contribution >= 0.6 is 0 Å². The van der Waals surface area contributed by atoms with Crippen molar-refractivity contribution < 1.29 is 18.7 Å². The largest absolute Gasteiger partial charge is 0.497 e. The molecule has 0 saturated carbocycles. The van der Waals surface area contributed by atoms with E-state index in [-0.39, 0.29) is 5.91 Å². The van der Waals surface area contributed by atoms with E-state index < -0.39 is 0 Å². The van der Waals surface area contributed by atoms with E-state index in [2.05, 4.69) is 5.32 Å². The van der Waals surface area contributed by atoms with Gasteiger partial charge in [0.2, 0.25) is 5.91 Å². The number of hydrogen-bond acceptors (Lipinski definition) is 4. The molecule has 5 heteroatoms. The third kappa shape index (κ3) is 4.91. The van der Waals surface area contributed by atoms with Gasteiger partial charge in [0.15, 0.2) is 0 Å². The highest BCUT2D eigenvalue weighted by Gasteiger charge is 2.10. The molecule has 3 aromatic rings. The Hall–Kier alpha value is -3.21. The van der Waals surface area contributed by atoms with E-state index >= 15 is 0 Å². The Balaban J connectivity index is 1.53. The minimum absolute atomic E-state index is 0.0439. The van der Waals surface area contributed by atoms with E-state index in [1.165, 1.54) is 0 Å². The van der Waals surface area contributed by atoms with Crippen LogP contribution in [-0.4, -0.2) is 20.1 Å². The Morgan fingerprint density at radius 1 is 1.00 bits per heavy atom. The molecule has 0 saturated heterocycles. The SMILES string of the molecule is COc1ccc(OC)c(CNC(=O)CCc2ccc(-c3ccccc3)o2)c1. The molecule has 1 heterocycles. The number of ether oxygens (including phenoxy) is 2. The van der Waals surface area contributed by atoms with E-state index in [1.807, 2.05) is 60.7 Å². The monoisotopic (exact) mass is 365 g/mol. The van der Waals surface area contributed by atoms with Crippen LogP contribution in [-0.2, 0) is 17.8 Å². The Labute approximate surface area is 158 Å². The highest BCUT2D eigenvalue weighted by molar-refractivity contribution is 5.76. The molecule has 0 spiro atoms. The van der Waals surface area contributed by atoms with Crippen molar-refractivity contribution in [3.63, 3.8) is 0 Å². The van der Waals surface area contributed by atoms with Gasteiger partial charge in [0.1, 0.15) is 23.0 Å². The zero-order valence-corrected chi connectivity index (χ0v) is 15.5. The summed E-state index contributed by atoms with van der Waals surface area (Å²) in [4.78, 5) is 12.2. The first-order valence-electron chi connectivity index (χ1n) is 8.81. The third-order valence-electron chi connectivity index (χ3n) is 4.28. The molecule has 140 valence electrons. The van der Waals surface area contributed by atoms with Gasteiger partial charge in [0, 0.05) is 30.5 Å². The summed E-state index contributed by atoms with van der Waals surface area (Å²) in [7, 11) is 3.21. The first kappa shape index (κ1) is 18.6. The molecule has 5 nitrogen and oxygen atoms in total. The third-order valence-corrected chi connectivity index (χ3v) is 4.28. The predicted molar refractivity (Wildman–Crippen MR) is 104 cm³/mol. The van der Waals surface area contributed by atoms with E-state index in [0.717, 1.165) is 34.1 Å². The van der Waals surface area contributed by atoms with Crippen molar-refractivity contribution in [2.24, 2.45) is 0 Å². The minimum Gasteiger partial charge on any atom is -0.497 e. The van der Waals surface area contributed by atoms with Gasteiger partial charge >= 0.3 is 0 Å². The highest BCUT2D eigenvalue weighted by atomic mass is 16.5. The zero-order chi connectivity index (χ0) is 19.1. The molecule has 0 bridgehead atoms. The molecule has 1 aromatic heterocycles. The summed E-state index contributed by atoms with van der Waals surface area (Å²) in [6.45, 7) is 0.382. The van der Waals surface area contributed by atoms with Crippen LogP contribution in [0, 0.1) is 0 Å². The van der Waals surface area contributed by atoms with Gasteiger partial charge in [-0.3, -0.25) is 4.79 Å². The number of rotatable bonds is 8. The summed E-state index contributed by atoms with van der Waals surface area (Å²) in [5.41, 5.74) is 1.90. The van der Waals surface area contributed by atoms with Crippen molar-refractivity contribution in [3.05, 3.63) is 72.0 Å². The van der Waals surface area contributed by atoms with E-state index in [4.69, 9.17) is 13.9 Å². The van der Waals surface area contributed by atoms with Crippen molar-refractivity contribution in [1.29, 1.82) is 0 Å². The second-order valence-corrected chi connectivity index (χ2v) is 6.09. The maximum Gasteiger partial charge on any atom is 0.220 e. The average Bonchev–Trinajstić information content (AvgIpc) is 3.20. The van der Waals surface area contributed by atoms with Crippen molar-refractivity contribution >= 4 is 5.91 Å². The van der Waals surface area contributed by atoms with E-state index in [0.29, 0.717) is 19.4 Å². The Kier molecular flexibility index (Phi) is 6.15. The number of carbonyl (C=O) groups excluding carboxylic acids is 1. The molecule has 1 amide bonds. The van der Waals surface area contributed by atoms with Crippen molar-refractivity contribution in [1.82, 2.24) is 5.32 Å². The van der Waals surface area contributed by atoms with Crippen LogP contribution < -0.4 is 14.8 Å². The number of carbonyl (C=O) groups is 1. The van der Waals surface area contributed by atoms with Crippen LogP contribution in [0.25, 0.3) is 11.3 Å². The smallest absolute Gasteiger partial charge is 0.220 e. The van der Waals surface area contributed by atoms with Crippen molar-refractivity contribution in [2.75, 3.05) is 14.2 Å². The maximum absolute atomic E-state index is 12.2. The molecule has 0 unspecified atom stereocenters. The summed E-state index contributed by atoms with van der Waals surface area (Å²) in [5.74, 6) is 3.01. The molecule has 0 aliphatic heterocycles. The number of methoxy groups -OCH3 is 2. The summed E-state index contributed by atoms with van der Waals surface area (Å²) < 4.78 is 16.4. The fourth-order valence-corrected chi connectivity index (χ4v) is 2.81. The molecule has 0 aliphatic rings. The first-order chi connectivity index (χ1) is 13.2. The molecule has 2 aromatic carbocycles. The van der Waals surface area contributed by atoms with Gasteiger partial charge in [-0.1, -0.05) is 30.3 Å². The minimum atomic E-state index is -0.0439. The van der Waals surface area contributed by atoms with Crippen LogP contribution in [0.5, 0.6) is 11.5 Å². The van der Waals surface area contributed by atoms with Gasteiger partial charge < -0.3 is 19.2 Å². The number of amides is 1. The Morgan fingerprint density at radius 3 is 2.56 bits per heavy atom. The second kappa shape index (κ2) is 8.94. The lowest BCUT2D eigenvalue weighted by Gasteiger charge is -2.11. The summed E-state index contributed by atoms with van der Waals surface area (Å²) in [6.07, 6.45) is 0.905. The summed E-state index contributed by atoms with van der Waals surface area (Å²) in [6, 6.07) is 19.3. The van der Waals surface area contributed by atoms with Crippen LogP contribution in [0.15, 0.2) is 65.1 Å². The van der Waals surface area contributed by atoms with Crippen molar-refractivity contribution in [2.45, 2.75) is 19.4 Å². The predicted octanol–water partition coefficient (Wildman–Crippen LogP) is 4.21. The molecule has 0 fully saturated rings. The lowest BCUT2D eigenvalue weighted by molar-refractivity contribution is -0.121. The molecule has 0 radical (unpaired) electrons. The normalized spacial score (nSPS) is 10.4. The maximum atomic E-state index is 12.2. The second-order valence-electron chi connectivity index (χ2n) is 6.09. The fraction of sp³-hybridized carbons (Fsp3) is 0.227. The average molecular weight is 365 g/mol.